The van der Waals surface area contributed by atoms with Gasteiger partial charge in [0.15, 0.2) is 5.82 Å². The molecule has 0 spiro atoms. The lowest BCUT2D eigenvalue weighted by Gasteiger charge is -2.42. The fourth-order valence-electron chi connectivity index (χ4n) is 9.32. The van der Waals surface area contributed by atoms with Crippen molar-refractivity contribution < 1.29 is 0 Å². The predicted octanol–water partition coefficient (Wildman–Crippen LogP) is 13.6. The Labute approximate surface area is 338 Å². The molecule has 0 saturated heterocycles. The molecule has 1 aliphatic rings. The smallest absolute Gasteiger partial charge is 0.161 e. The van der Waals surface area contributed by atoms with Gasteiger partial charge in [0.25, 0.3) is 0 Å². The minimum Gasteiger partial charge on any atom is -0.309 e. The fraction of sp³-hybridized carbons (Fsp3) is 0.0545. The second-order valence-corrected chi connectivity index (χ2v) is 15.5. The van der Waals surface area contributed by atoms with Gasteiger partial charge in [0.05, 0.1) is 33.5 Å². The first kappa shape index (κ1) is 33.9. The van der Waals surface area contributed by atoms with Crippen LogP contribution in [0.3, 0.4) is 0 Å². The summed E-state index contributed by atoms with van der Waals surface area (Å²) in [6.07, 6.45) is 0. The molecule has 0 saturated carbocycles. The number of nitrogens with zero attached hydrogens (tertiary/aromatic N) is 3. The maximum absolute atomic E-state index is 5.28. The van der Waals surface area contributed by atoms with Crippen LogP contribution in [-0.4, -0.2) is 14.5 Å². The molecule has 274 valence electrons. The lowest BCUT2D eigenvalue weighted by atomic mass is 9.62. The van der Waals surface area contributed by atoms with Gasteiger partial charge in [0, 0.05) is 27.5 Å². The molecule has 0 fully saturated rings. The van der Waals surface area contributed by atoms with E-state index in [0.717, 1.165) is 39.2 Å². The van der Waals surface area contributed by atoms with Crippen LogP contribution >= 0.6 is 0 Å². The van der Waals surface area contributed by atoms with Gasteiger partial charge in [-0.05, 0) is 71.5 Å². The van der Waals surface area contributed by atoms with Crippen LogP contribution in [0, 0.1) is 13.8 Å². The van der Waals surface area contributed by atoms with E-state index in [1.807, 2.05) is 12.1 Å². The second-order valence-electron chi connectivity index (χ2n) is 15.5. The Morgan fingerprint density at radius 3 is 1.60 bits per heavy atom. The van der Waals surface area contributed by atoms with E-state index in [9.17, 15) is 0 Å². The largest absolute Gasteiger partial charge is 0.309 e. The third kappa shape index (κ3) is 5.20. The zero-order chi connectivity index (χ0) is 38.8. The van der Waals surface area contributed by atoms with Gasteiger partial charge in [0.1, 0.15) is 0 Å². The zero-order valence-corrected chi connectivity index (χ0v) is 32.4. The van der Waals surface area contributed by atoms with E-state index in [0.29, 0.717) is 5.82 Å². The van der Waals surface area contributed by atoms with Gasteiger partial charge in [0.2, 0.25) is 0 Å². The molecule has 2 aromatic heterocycles. The molecule has 10 aromatic rings. The van der Waals surface area contributed by atoms with E-state index >= 15 is 0 Å². The number of benzene rings is 8. The molecular formula is C55H39N3. The van der Waals surface area contributed by atoms with Crippen molar-refractivity contribution in [2.45, 2.75) is 19.3 Å². The van der Waals surface area contributed by atoms with Gasteiger partial charge in [-0.15, -0.1) is 0 Å². The summed E-state index contributed by atoms with van der Waals surface area (Å²) in [7, 11) is 0. The van der Waals surface area contributed by atoms with Crippen LogP contribution in [0.5, 0.6) is 0 Å². The molecule has 8 aromatic carbocycles. The van der Waals surface area contributed by atoms with Crippen molar-refractivity contribution in [2.24, 2.45) is 0 Å². The summed E-state index contributed by atoms with van der Waals surface area (Å²) in [6, 6.07) is 72.7. The van der Waals surface area contributed by atoms with Crippen molar-refractivity contribution >= 4 is 21.8 Å². The van der Waals surface area contributed by atoms with Crippen molar-refractivity contribution in [1.29, 1.82) is 0 Å². The molecule has 3 heteroatoms. The van der Waals surface area contributed by atoms with E-state index in [2.05, 4.69) is 206 Å². The maximum Gasteiger partial charge on any atom is 0.161 e. The Morgan fingerprint density at radius 2 is 0.966 bits per heavy atom. The van der Waals surface area contributed by atoms with Gasteiger partial charge >= 0.3 is 0 Å². The van der Waals surface area contributed by atoms with Crippen LogP contribution in [0.2, 0.25) is 0 Å². The third-order valence-electron chi connectivity index (χ3n) is 12.1. The van der Waals surface area contributed by atoms with Crippen LogP contribution in [0.1, 0.15) is 33.4 Å². The molecule has 0 N–H and O–H groups in total. The Morgan fingerprint density at radius 1 is 0.414 bits per heavy atom. The summed E-state index contributed by atoms with van der Waals surface area (Å²) < 4.78 is 2.50. The molecule has 11 rings (SSSR count). The normalized spacial score (nSPS) is 12.8. The Bertz CT molecular complexity index is 3060. The van der Waals surface area contributed by atoms with Gasteiger partial charge in [-0.3, -0.25) is 0 Å². The van der Waals surface area contributed by atoms with Crippen LogP contribution in [0.4, 0.5) is 0 Å². The average molecular weight is 742 g/mol. The summed E-state index contributed by atoms with van der Waals surface area (Å²) in [5, 5.41) is 2.52. The molecule has 58 heavy (non-hydrogen) atoms. The predicted molar refractivity (Wildman–Crippen MR) is 239 cm³/mol. The number of aromatic nitrogens is 3. The van der Waals surface area contributed by atoms with Gasteiger partial charge in [-0.25, -0.2) is 9.97 Å². The Hall–Kier alpha value is -7.36. The summed E-state index contributed by atoms with van der Waals surface area (Å²) in [6.45, 7) is 4.34. The van der Waals surface area contributed by atoms with Crippen LogP contribution in [0.15, 0.2) is 200 Å². The monoisotopic (exact) mass is 741 g/mol. The highest BCUT2D eigenvalue weighted by atomic mass is 15.0. The first-order valence-electron chi connectivity index (χ1n) is 20.0. The molecule has 3 heterocycles. The van der Waals surface area contributed by atoms with Crippen molar-refractivity contribution in [3.8, 4) is 50.7 Å². The second kappa shape index (κ2) is 13.4. The molecule has 0 unspecified atom stereocenters. The van der Waals surface area contributed by atoms with Gasteiger partial charge in [-0.1, -0.05) is 187 Å². The maximum atomic E-state index is 5.28. The summed E-state index contributed by atoms with van der Waals surface area (Å²) in [5.41, 5.74) is 17.6. The van der Waals surface area contributed by atoms with E-state index in [4.69, 9.17) is 9.97 Å². The topological polar surface area (TPSA) is 30.7 Å². The Balaban J connectivity index is 1.22. The van der Waals surface area contributed by atoms with Gasteiger partial charge in [-0.2, -0.15) is 0 Å². The first-order valence-corrected chi connectivity index (χ1v) is 20.0. The lowest BCUT2D eigenvalue weighted by molar-refractivity contribution is 0.727. The number of hydrogen-bond acceptors (Lipinski definition) is 2. The highest BCUT2D eigenvalue weighted by Crippen LogP contribution is 2.55. The number of fused-ring (bicyclic) bond motifs is 5. The van der Waals surface area contributed by atoms with E-state index < -0.39 is 5.41 Å². The molecule has 1 aliphatic heterocycles. The van der Waals surface area contributed by atoms with Crippen LogP contribution < -0.4 is 0 Å². The number of aryl methyl sites for hydroxylation is 2. The minimum absolute atomic E-state index is 0.615. The molecule has 0 radical (unpaired) electrons. The summed E-state index contributed by atoms with van der Waals surface area (Å²) in [4.78, 5) is 10.6. The first-order chi connectivity index (χ1) is 28.6. The highest BCUT2D eigenvalue weighted by molar-refractivity contribution is 6.12. The quantitative estimate of drug-likeness (QED) is 0.170. The number of hydrogen-bond donors (Lipinski definition) is 0. The Kier molecular flexibility index (Phi) is 7.84. The summed E-state index contributed by atoms with van der Waals surface area (Å²) >= 11 is 0. The highest BCUT2D eigenvalue weighted by Gasteiger charge is 2.45. The van der Waals surface area contributed by atoms with Crippen molar-refractivity contribution in [2.75, 3.05) is 0 Å². The van der Waals surface area contributed by atoms with E-state index in [1.54, 1.807) is 0 Å². The van der Waals surface area contributed by atoms with Crippen molar-refractivity contribution in [1.82, 2.24) is 14.5 Å². The van der Waals surface area contributed by atoms with Crippen molar-refractivity contribution in [3.63, 3.8) is 0 Å². The van der Waals surface area contributed by atoms with E-state index in [1.165, 1.54) is 60.9 Å². The van der Waals surface area contributed by atoms with Gasteiger partial charge < -0.3 is 4.57 Å². The fourth-order valence-corrected chi connectivity index (χ4v) is 9.32. The SMILES string of the molecule is Cc1ccc(C2(c3ccc(C)cc3)c3cc(-c4ccccc4-c4nc(-c5ccccc5)cc(-c5ccccc5)n4)ccc3-n3c4ccccc4c4cccc2c43)cc1. The molecule has 0 bridgehead atoms. The molecule has 0 aliphatic carbocycles. The van der Waals surface area contributed by atoms with Crippen molar-refractivity contribution in [3.05, 3.63) is 234 Å². The zero-order valence-electron chi connectivity index (χ0n) is 32.4. The van der Waals surface area contributed by atoms with Crippen LogP contribution in [-0.2, 0) is 5.41 Å². The third-order valence-corrected chi connectivity index (χ3v) is 12.1. The van der Waals surface area contributed by atoms with Crippen LogP contribution in [0.25, 0.3) is 72.5 Å². The number of rotatable bonds is 6. The molecule has 0 atom stereocenters. The molecule has 0 amide bonds. The number of para-hydroxylation sites is 2. The standard InChI is InChI=1S/C55H39N3/c1-36-24-29-41(30-25-36)55(42-31-26-37(2)27-32-42)47-22-13-21-45-44-19-11-12-23-51(44)58(53(45)47)52-33-28-40(34-48(52)55)43-18-9-10-20-46(43)54-56-49(38-14-5-3-6-15-38)35-50(57-54)39-16-7-4-8-17-39/h3-35H,1-2H3. The lowest BCUT2D eigenvalue weighted by Crippen LogP contribution is -2.35. The van der Waals surface area contributed by atoms with E-state index in [-0.39, 0.29) is 0 Å². The average Bonchev–Trinajstić information content (AvgIpc) is 3.63. The molecular weight excluding hydrogens is 703 g/mol. The summed E-state index contributed by atoms with van der Waals surface area (Å²) in [5.74, 6) is 0.695. The molecule has 3 nitrogen and oxygen atoms in total. The minimum atomic E-state index is -0.615.